The number of ether oxygens (including phenoxy) is 2. The fourth-order valence-electron chi connectivity index (χ4n) is 4.85. The van der Waals surface area contributed by atoms with Crippen LogP contribution < -0.4 is 19.7 Å². The number of anilines is 1. The number of para-hydroxylation sites is 1. The molecule has 0 bridgehead atoms. The van der Waals surface area contributed by atoms with E-state index in [2.05, 4.69) is 50.2 Å². The molecular formula is C31H26N4O2S. The summed E-state index contributed by atoms with van der Waals surface area (Å²) in [7, 11) is 1.67. The van der Waals surface area contributed by atoms with Gasteiger partial charge in [-0.05, 0) is 97.1 Å². The molecule has 6 rings (SSSR count). The Balaban J connectivity index is 1.39. The molecule has 1 fully saturated rings. The maximum atomic E-state index is 6.02. The summed E-state index contributed by atoms with van der Waals surface area (Å²) in [4.78, 5) is 6.84. The first-order chi connectivity index (χ1) is 18.7. The number of methoxy groups -OCH3 is 1. The van der Waals surface area contributed by atoms with Gasteiger partial charge in [-0.3, -0.25) is 4.98 Å². The number of rotatable bonds is 7. The van der Waals surface area contributed by atoms with Gasteiger partial charge >= 0.3 is 0 Å². The van der Waals surface area contributed by atoms with E-state index >= 15 is 0 Å². The van der Waals surface area contributed by atoms with Crippen LogP contribution >= 0.6 is 12.2 Å². The lowest BCUT2D eigenvalue weighted by Crippen LogP contribution is -2.30. The van der Waals surface area contributed by atoms with E-state index in [9.17, 15) is 0 Å². The van der Waals surface area contributed by atoms with Crippen LogP contribution in [-0.4, -0.2) is 21.8 Å². The molecule has 0 saturated carbocycles. The fourth-order valence-corrected chi connectivity index (χ4v) is 5.19. The average Bonchev–Trinajstić information content (AvgIpc) is 3.59. The number of aromatic nitrogens is 2. The summed E-state index contributed by atoms with van der Waals surface area (Å²) in [6, 6.07) is 35.7. The second kappa shape index (κ2) is 10.4. The molecule has 6 nitrogen and oxygen atoms in total. The molecule has 3 aromatic carbocycles. The van der Waals surface area contributed by atoms with Gasteiger partial charge in [0, 0.05) is 29.5 Å². The summed E-state index contributed by atoms with van der Waals surface area (Å²) in [6.45, 7) is 0. The van der Waals surface area contributed by atoms with E-state index in [0.29, 0.717) is 5.11 Å². The SMILES string of the molecule is COc1ccc(-n2cccc2[C@@H]2[C@H](c3ccccn3)NC(=S)N2c2ccc(Oc3ccccc3)cc2)cc1. The molecule has 1 aliphatic heterocycles. The molecule has 3 heterocycles. The van der Waals surface area contributed by atoms with Crippen molar-refractivity contribution in [3.05, 3.63) is 133 Å². The zero-order valence-electron chi connectivity index (χ0n) is 20.8. The standard InChI is InChI=1S/C31H26N4O2S/c1-36-24-16-12-22(13-17-24)34-21-7-11-28(34)30-29(27-10-5-6-20-32-27)33-31(38)35(30)23-14-18-26(19-15-23)37-25-8-3-2-4-9-25/h2-21,29-30H,1H3,(H,33,38)/t29-,30+/m0/s1. The van der Waals surface area contributed by atoms with Crippen molar-refractivity contribution < 1.29 is 9.47 Å². The Morgan fingerprint density at radius 2 is 1.42 bits per heavy atom. The minimum absolute atomic E-state index is 0.143. The number of thiocarbonyl (C=S) groups is 1. The zero-order valence-corrected chi connectivity index (χ0v) is 21.6. The van der Waals surface area contributed by atoms with Crippen LogP contribution in [0.3, 0.4) is 0 Å². The van der Waals surface area contributed by atoms with E-state index in [1.165, 1.54) is 0 Å². The molecule has 5 aromatic rings. The number of benzene rings is 3. The highest BCUT2D eigenvalue weighted by Gasteiger charge is 2.42. The Labute approximate surface area is 227 Å². The van der Waals surface area contributed by atoms with Crippen LogP contribution in [0.4, 0.5) is 5.69 Å². The quantitative estimate of drug-likeness (QED) is 0.238. The van der Waals surface area contributed by atoms with Crippen molar-refractivity contribution in [1.29, 1.82) is 0 Å². The number of hydrogen-bond donors (Lipinski definition) is 1. The van der Waals surface area contributed by atoms with E-state index in [0.717, 1.165) is 40.0 Å². The van der Waals surface area contributed by atoms with Crippen LogP contribution in [0.5, 0.6) is 17.2 Å². The highest BCUT2D eigenvalue weighted by molar-refractivity contribution is 7.80. The smallest absolute Gasteiger partial charge is 0.174 e. The monoisotopic (exact) mass is 518 g/mol. The summed E-state index contributed by atoms with van der Waals surface area (Å²) < 4.78 is 13.6. The molecule has 0 aliphatic carbocycles. The lowest BCUT2D eigenvalue weighted by Gasteiger charge is -2.29. The molecule has 1 aliphatic rings. The molecule has 0 amide bonds. The van der Waals surface area contributed by atoms with E-state index < -0.39 is 0 Å². The Hall–Kier alpha value is -4.62. The molecule has 2 atom stereocenters. The number of pyridine rings is 1. The highest BCUT2D eigenvalue weighted by Crippen LogP contribution is 2.42. The van der Waals surface area contributed by atoms with Crippen molar-refractivity contribution in [3.8, 4) is 22.9 Å². The molecule has 7 heteroatoms. The maximum Gasteiger partial charge on any atom is 0.174 e. The average molecular weight is 519 g/mol. The Morgan fingerprint density at radius 3 is 2.13 bits per heavy atom. The third kappa shape index (κ3) is 4.60. The summed E-state index contributed by atoms with van der Waals surface area (Å²) in [6.07, 6.45) is 3.89. The van der Waals surface area contributed by atoms with E-state index in [4.69, 9.17) is 21.7 Å². The first-order valence-electron chi connectivity index (χ1n) is 12.4. The van der Waals surface area contributed by atoms with Crippen LogP contribution in [-0.2, 0) is 0 Å². The topological polar surface area (TPSA) is 51.5 Å². The predicted molar refractivity (Wildman–Crippen MR) is 153 cm³/mol. The highest BCUT2D eigenvalue weighted by atomic mass is 32.1. The van der Waals surface area contributed by atoms with Crippen molar-refractivity contribution in [1.82, 2.24) is 14.9 Å². The number of nitrogens with one attached hydrogen (secondary N) is 1. The van der Waals surface area contributed by atoms with Gasteiger partial charge in [-0.2, -0.15) is 0 Å². The molecular weight excluding hydrogens is 492 g/mol. The van der Waals surface area contributed by atoms with E-state index in [1.54, 1.807) is 7.11 Å². The molecule has 0 unspecified atom stereocenters. The van der Waals surface area contributed by atoms with Crippen LogP contribution in [0.15, 0.2) is 122 Å². The van der Waals surface area contributed by atoms with Gasteiger partial charge in [-0.25, -0.2) is 0 Å². The van der Waals surface area contributed by atoms with Gasteiger partial charge in [0.2, 0.25) is 0 Å². The van der Waals surface area contributed by atoms with E-state index in [1.807, 2.05) is 91.1 Å². The normalized spacial score (nSPS) is 16.8. The molecule has 188 valence electrons. The van der Waals surface area contributed by atoms with Gasteiger partial charge < -0.3 is 24.3 Å². The van der Waals surface area contributed by atoms with Crippen LogP contribution in [0, 0.1) is 0 Å². The molecule has 2 aromatic heterocycles. The molecule has 38 heavy (non-hydrogen) atoms. The zero-order chi connectivity index (χ0) is 25.9. The summed E-state index contributed by atoms with van der Waals surface area (Å²) in [5, 5.41) is 4.18. The largest absolute Gasteiger partial charge is 0.497 e. The van der Waals surface area contributed by atoms with Gasteiger partial charge in [0.05, 0.1) is 18.8 Å². The molecule has 1 N–H and O–H groups in total. The summed E-state index contributed by atoms with van der Waals surface area (Å²) >= 11 is 5.91. The van der Waals surface area contributed by atoms with Gasteiger partial charge in [-0.15, -0.1) is 0 Å². The first-order valence-corrected chi connectivity index (χ1v) is 12.8. The lowest BCUT2D eigenvalue weighted by atomic mass is 10.0. The van der Waals surface area contributed by atoms with Gasteiger partial charge in [0.1, 0.15) is 23.3 Å². The van der Waals surface area contributed by atoms with E-state index in [-0.39, 0.29) is 12.1 Å². The van der Waals surface area contributed by atoms with Crippen molar-refractivity contribution in [3.63, 3.8) is 0 Å². The number of hydrogen-bond acceptors (Lipinski definition) is 4. The summed E-state index contributed by atoms with van der Waals surface area (Å²) in [5.74, 6) is 2.37. The Bertz CT molecular complexity index is 1520. The van der Waals surface area contributed by atoms with Gasteiger partial charge in [-0.1, -0.05) is 24.3 Å². The molecule has 1 saturated heterocycles. The van der Waals surface area contributed by atoms with Crippen molar-refractivity contribution >= 4 is 23.0 Å². The lowest BCUT2D eigenvalue weighted by molar-refractivity contribution is 0.414. The van der Waals surface area contributed by atoms with Crippen molar-refractivity contribution in [2.75, 3.05) is 12.0 Å². The van der Waals surface area contributed by atoms with Gasteiger partial charge in [0.25, 0.3) is 0 Å². The fraction of sp³-hybridized carbons (Fsp3) is 0.0968. The molecule has 0 spiro atoms. The van der Waals surface area contributed by atoms with Crippen LogP contribution in [0.1, 0.15) is 23.5 Å². The second-order valence-electron chi connectivity index (χ2n) is 8.91. The first kappa shape index (κ1) is 23.8. The minimum atomic E-state index is -0.143. The van der Waals surface area contributed by atoms with Crippen LogP contribution in [0.2, 0.25) is 0 Å². The van der Waals surface area contributed by atoms with Gasteiger partial charge in [0.15, 0.2) is 5.11 Å². The predicted octanol–water partition coefficient (Wildman–Crippen LogP) is 6.85. The van der Waals surface area contributed by atoms with Crippen molar-refractivity contribution in [2.45, 2.75) is 12.1 Å². The minimum Gasteiger partial charge on any atom is -0.497 e. The van der Waals surface area contributed by atoms with Crippen LogP contribution in [0.25, 0.3) is 5.69 Å². The third-order valence-corrected chi connectivity index (χ3v) is 6.94. The summed E-state index contributed by atoms with van der Waals surface area (Å²) in [5.41, 5.74) is 4.01. The Kier molecular flexibility index (Phi) is 6.50. The second-order valence-corrected chi connectivity index (χ2v) is 9.29. The van der Waals surface area contributed by atoms with Crippen molar-refractivity contribution in [2.24, 2.45) is 0 Å². The Morgan fingerprint density at radius 1 is 0.737 bits per heavy atom. The third-order valence-electron chi connectivity index (χ3n) is 6.63. The number of nitrogens with zero attached hydrogens (tertiary/aromatic N) is 3. The maximum absolute atomic E-state index is 6.02. The molecule has 0 radical (unpaired) electrons.